The molecule has 1 rings (SSSR count). The molecule has 0 aliphatic rings. The van der Waals surface area contributed by atoms with E-state index in [9.17, 15) is 4.79 Å². The Morgan fingerprint density at radius 1 is 1.53 bits per heavy atom. The number of carbonyl (C=O) groups excluding carboxylic acids is 1. The van der Waals surface area contributed by atoms with Crippen molar-refractivity contribution in [2.75, 3.05) is 24.6 Å². The number of likely N-dealkylation sites (N-methyl/N-ethyl adjacent to an activating group) is 1. The van der Waals surface area contributed by atoms with Crippen molar-refractivity contribution in [3.63, 3.8) is 0 Å². The van der Waals surface area contributed by atoms with Gasteiger partial charge in [-0.1, -0.05) is 24.9 Å². The van der Waals surface area contributed by atoms with E-state index in [0.29, 0.717) is 16.4 Å². The summed E-state index contributed by atoms with van der Waals surface area (Å²) in [5.41, 5.74) is 6.84. The summed E-state index contributed by atoms with van der Waals surface area (Å²) in [7, 11) is 1.95. The fraction of sp³-hybridized carbons (Fsp3) is 0.500. The smallest absolute Gasteiger partial charge is 0.241 e. The van der Waals surface area contributed by atoms with E-state index in [4.69, 9.17) is 17.3 Å². The molecule has 0 aromatic heterocycles. The first-order valence-corrected chi connectivity index (χ1v) is 6.89. The SMILES string of the molecule is CCCCN(C)C(C)C(=O)Nc1ccc(Cl)c(N)c1. The standard InChI is InChI=1S/C14H22ClN3O/c1-4-5-8-18(3)10(2)14(19)17-11-6-7-12(15)13(16)9-11/h6-7,9-10H,4-5,8,16H2,1-3H3,(H,17,19). The van der Waals surface area contributed by atoms with Crippen molar-refractivity contribution < 1.29 is 4.79 Å². The number of nitrogens with two attached hydrogens (primary N) is 1. The predicted octanol–water partition coefficient (Wildman–Crippen LogP) is 2.98. The van der Waals surface area contributed by atoms with E-state index in [2.05, 4.69) is 12.2 Å². The molecule has 1 aromatic rings. The normalized spacial score (nSPS) is 12.5. The summed E-state index contributed by atoms with van der Waals surface area (Å²) in [4.78, 5) is 14.1. The van der Waals surface area contributed by atoms with Gasteiger partial charge in [0.2, 0.25) is 5.91 Å². The van der Waals surface area contributed by atoms with Crippen LogP contribution in [0.2, 0.25) is 5.02 Å². The van der Waals surface area contributed by atoms with Crippen LogP contribution in [0, 0.1) is 0 Å². The summed E-state index contributed by atoms with van der Waals surface area (Å²) < 4.78 is 0. The summed E-state index contributed by atoms with van der Waals surface area (Å²) in [5.74, 6) is -0.0414. The number of hydrogen-bond donors (Lipinski definition) is 2. The van der Waals surface area contributed by atoms with Crippen LogP contribution in [0.3, 0.4) is 0 Å². The molecule has 106 valence electrons. The lowest BCUT2D eigenvalue weighted by molar-refractivity contribution is -0.120. The molecule has 0 aliphatic heterocycles. The summed E-state index contributed by atoms with van der Waals surface area (Å²) >= 11 is 5.84. The molecule has 0 heterocycles. The summed E-state index contributed by atoms with van der Waals surface area (Å²) in [6, 6.07) is 4.91. The van der Waals surface area contributed by atoms with E-state index in [0.717, 1.165) is 19.4 Å². The van der Waals surface area contributed by atoms with Gasteiger partial charge in [-0.2, -0.15) is 0 Å². The van der Waals surface area contributed by atoms with Crippen LogP contribution < -0.4 is 11.1 Å². The zero-order valence-corrected chi connectivity index (χ0v) is 12.5. The van der Waals surface area contributed by atoms with E-state index in [1.54, 1.807) is 18.2 Å². The Hall–Kier alpha value is -1.26. The molecule has 0 fully saturated rings. The molecular formula is C14H22ClN3O. The van der Waals surface area contributed by atoms with Crippen molar-refractivity contribution in [1.29, 1.82) is 0 Å². The molecule has 19 heavy (non-hydrogen) atoms. The van der Waals surface area contributed by atoms with Gasteiger partial charge in [-0.25, -0.2) is 0 Å². The maximum Gasteiger partial charge on any atom is 0.241 e. The molecule has 0 spiro atoms. The number of amides is 1. The Balaban J connectivity index is 2.60. The third-order valence-corrected chi connectivity index (χ3v) is 3.51. The Kier molecular flexibility index (Phi) is 6.12. The van der Waals surface area contributed by atoms with Crippen LogP contribution in [0.5, 0.6) is 0 Å². The van der Waals surface area contributed by atoms with Crippen molar-refractivity contribution in [3.8, 4) is 0 Å². The number of carbonyl (C=O) groups is 1. The zero-order valence-electron chi connectivity index (χ0n) is 11.7. The highest BCUT2D eigenvalue weighted by molar-refractivity contribution is 6.33. The number of hydrogen-bond acceptors (Lipinski definition) is 3. The number of rotatable bonds is 6. The number of nitrogens with zero attached hydrogens (tertiary/aromatic N) is 1. The molecule has 0 aliphatic carbocycles. The number of benzene rings is 1. The van der Waals surface area contributed by atoms with Gasteiger partial charge < -0.3 is 11.1 Å². The first kappa shape index (κ1) is 15.8. The Morgan fingerprint density at radius 2 is 2.21 bits per heavy atom. The average Bonchev–Trinajstić information content (AvgIpc) is 2.39. The molecule has 4 nitrogen and oxygen atoms in total. The third kappa shape index (κ3) is 4.73. The second kappa shape index (κ2) is 7.36. The van der Waals surface area contributed by atoms with Gasteiger partial charge in [0.25, 0.3) is 0 Å². The fourth-order valence-electron chi connectivity index (χ4n) is 1.67. The quantitative estimate of drug-likeness (QED) is 0.789. The van der Waals surface area contributed by atoms with Gasteiger partial charge >= 0.3 is 0 Å². The number of anilines is 2. The van der Waals surface area contributed by atoms with Crippen LogP contribution in [0.4, 0.5) is 11.4 Å². The van der Waals surface area contributed by atoms with Gasteiger partial charge in [0.15, 0.2) is 0 Å². The highest BCUT2D eigenvalue weighted by Gasteiger charge is 2.17. The van der Waals surface area contributed by atoms with Crippen LogP contribution in [0.15, 0.2) is 18.2 Å². The minimum atomic E-state index is -0.177. The first-order chi connectivity index (χ1) is 8.95. The Morgan fingerprint density at radius 3 is 2.79 bits per heavy atom. The number of nitrogens with one attached hydrogen (secondary N) is 1. The van der Waals surface area contributed by atoms with E-state index in [-0.39, 0.29) is 11.9 Å². The highest BCUT2D eigenvalue weighted by Crippen LogP contribution is 2.22. The summed E-state index contributed by atoms with van der Waals surface area (Å²) in [6.45, 7) is 4.94. The van der Waals surface area contributed by atoms with Crippen molar-refractivity contribution in [1.82, 2.24) is 4.90 Å². The van der Waals surface area contributed by atoms with Crippen molar-refractivity contribution in [2.45, 2.75) is 32.7 Å². The van der Waals surface area contributed by atoms with Gasteiger partial charge in [-0.15, -0.1) is 0 Å². The molecule has 3 N–H and O–H groups in total. The monoisotopic (exact) mass is 283 g/mol. The number of halogens is 1. The topological polar surface area (TPSA) is 58.4 Å². The molecule has 5 heteroatoms. The maximum atomic E-state index is 12.1. The van der Waals surface area contributed by atoms with Crippen LogP contribution in [0.1, 0.15) is 26.7 Å². The van der Waals surface area contributed by atoms with E-state index < -0.39 is 0 Å². The minimum Gasteiger partial charge on any atom is -0.397 e. The second-order valence-corrected chi connectivity index (χ2v) is 5.14. The van der Waals surface area contributed by atoms with Gasteiger partial charge in [-0.3, -0.25) is 9.69 Å². The molecule has 0 saturated carbocycles. The third-order valence-electron chi connectivity index (χ3n) is 3.17. The van der Waals surface area contributed by atoms with Crippen molar-refractivity contribution in [2.24, 2.45) is 0 Å². The Bertz CT molecular complexity index is 437. The molecule has 1 aromatic carbocycles. The lowest BCUT2D eigenvalue weighted by Crippen LogP contribution is -2.40. The van der Waals surface area contributed by atoms with E-state index in [1.165, 1.54) is 0 Å². The maximum absolute atomic E-state index is 12.1. The largest absolute Gasteiger partial charge is 0.397 e. The van der Waals surface area contributed by atoms with E-state index >= 15 is 0 Å². The molecule has 1 amide bonds. The van der Waals surface area contributed by atoms with Crippen LogP contribution >= 0.6 is 11.6 Å². The first-order valence-electron chi connectivity index (χ1n) is 6.51. The fourth-order valence-corrected chi connectivity index (χ4v) is 1.79. The van der Waals surface area contributed by atoms with Crippen LogP contribution in [-0.4, -0.2) is 30.4 Å². The molecule has 0 saturated heterocycles. The number of nitrogen functional groups attached to an aromatic ring is 1. The lowest BCUT2D eigenvalue weighted by Gasteiger charge is -2.23. The average molecular weight is 284 g/mol. The van der Waals surface area contributed by atoms with Gasteiger partial charge in [0.1, 0.15) is 0 Å². The second-order valence-electron chi connectivity index (χ2n) is 4.74. The molecular weight excluding hydrogens is 262 g/mol. The lowest BCUT2D eigenvalue weighted by atomic mass is 10.2. The van der Waals surface area contributed by atoms with Crippen LogP contribution in [0.25, 0.3) is 0 Å². The van der Waals surface area contributed by atoms with Gasteiger partial charge in [0.05, 0.1) is 16.8 Å². The van der Waals surface area contributed by atoms with Gasteiger partial charge in [-0.05, 0) is 45.1 Å². The minimum absolute atomic E-state index is 0.0414. The molecule has 0 radical (unpaired) electrons. The van der Waals surface area contributed by atoms with Gasteiger partial charge in [0, 0.05) is 5.69 Å². The number of unbranched alkanes of at least 4 members (excludes halogenated alkanes) is 1. The van der Waals surface area contributed by atoms with Crippen molar-refractivity contribution in [3.05, 3.63) is 23.2 Å². The van der Waals surface area contributed by atoms with Crippen LogP contribution in [-0.2, 0) is 4.79 Å². The molecule has 0 bridgehead atoms. The highest BCUT2D eigenvalue weighted by atomic mass is 35.5. The Labute approximate surface area is 119 Å². The zero-order chi connectivity index (χ0) is 14.4. The molecule has 1 unspecified atom stereocenters. The summed E-state index contributed by atoms with van der Waals surface area (Å²) in [5, 5.41) is 3.34. The van der Waals surface area contributed by atoms with E-state index in [1.807, 2.05) is 18.9 Å². The van der Waals surface area contributed by atoms with Crippen molar-refractivity contribution >= 4 is 28.9 Å². The predicted molar refractivity (Wildman–Crippen MR) is 81.5 cm³/mol. The molecule has 1 atom stereocenters. The summed E-state index contributed by atoms with van der Waals surface area (Å²) in [6.07, 6.45) is 2.20.